The van der Waals surface area contributed by atoms with E-state index in [1.165, 1.54) is 9.80 Å². The molecule has 2 aliphatic rings. The van der Waals surface area contributed by atoms with Crippen LogP contribution in [-0.4, -0.2) is 173 Å². The van der Waals surface area contributed by atoms with E-state index in [9.17, 15) is 53.7 Å². The highest BCUT2D eigenvalue weighted by Gasteiger charge is 2.41. The molecule has 0 aromatic rings. The molecule has 2 rings (SSSR count). The number of hydrogen-bond acceptors (Lipinski definition) is 15. The molecule has 18 N–H and O–H groups in total. The van der Waals surface area contributed by atoms with Gasteiger partial charge in [0.05, 0.1) is 13.2 Å². The quantitative estimate of drug-likeness (QED) is 0.0291. The lowest BCUT2D eigenvalue weighted by atomic mass is 10.0. The highest BCUT2D eigenvalue weighted by Crippen LogP contribution is 2.21. The number of nitrogens with zero attached hydrogens (tertiary/aromatic N) is 2. The lowest BCUT2D eigenvalue weighted by Gasteiger charge is -2.30. The van der Waals surface area contributed by atoms with Gasteiger partial charge in [0.15, 0.2) is 0 Å². The van der Waals surface area contributed by atoms with Gasteiger partial charge in [-0.15, -0.1) is 0 Å². The molecule has 2 fully saturated rings. The zero-order valence-electron chi connectivity index (χ0n) is 36.5. The number of carboxylic acid groups (broad SMARTS) is 1. The summed E-state index contributed by atoms with van der Waals surface area (Å²) in [7, 11) is 0. The minimum atomic E-state index is -1.54. The Labute approximate surface area is 369 Å². The standard InChI is InChI=1S/C40H74N12O11/c41-17-5-1-11-26(46-33(55)27(12-2-6-18-42)47-36(58)31-15-9-21-51(31)38(60)25(45)23-53)35(57)50-30(24-54)39(61)52-22-10-16-32(52)37(59)48-28(13-3-7-19-43)34(56)49-29(40(62)63)14-4-8-20-44/h25-32,53-54H,1-24,41-45H2,(H,46,55)(H,47,58)(H,48,59)(H,49,56)(H,50,57)(H,62,63)/t25-,26-,27-,28-,29-,30-,31-,32-/m0/s1. The highest BCUT2D eigenvalue weighted by molar-refractivity contribution is 5.98. The van der Waals surface area contributed by atoms with Crippen molar-refractivity contribution in [3.8, 4) is 0 Å². The van der Waals surface area contributed by atoms with E-state index in [0.29, 0.717) is 90.3 Å². The SMILES string of the molecule is NCCCC[C@H](NC(=O)[C@H](CCCCN)NC(=O)[C@@H]1CCCN1C(=O)[C@H](CO)NC(=O)[C@H](CCCCN)NC(=O)[C@H](CCCCN)NC(=O)[C@@H]1CCCN1C(=O)[C@@H](N)CO)C(=O)O. The van der Waals surface area contributed by atoms with E-state index in [0.717, 1.165) is 0 Å². The van der Waals surface area contributed by atoms with Crippen molar-refractivity contribution in [3.63, 3.8) is 0 Å². The molecule has 0 aromatic heterocycles. The maximum atomic E-state index is 13.9. The van der Waals surface area contributed by atoms with Crippen molar-refractivity contribution in [1.29, 1.82) is 0 Å². The van der Waals surface area contributed by atoms with Gasteiger partial charge in [-0.1, -0.05) is 0 Å². The van der Waals surface area contributed by atoms with Gasteiger partial charge >= 0.3 is 5.97 Å². The molecule has 0 aromatic carbocycles. The number of unbranched alkanes of at least 4 members (excludes halogenated alkanes) is 4. The van der Waals surface area contributed by atoms with Crippen LogP contribution in [0.3, 0.4) is 0 Å². The fourth-order valence-electron chi connectivity index (χ4n) is 7.67. The summed E-state index contributed by atoms with van der Waals surface area (Å²) in [6, 6.07) is -9.52. The summed E-state index contributed by atoms with van der Waals surface area (Å²) >= 11 is 0. The largest absolute Gasteiger partial charge is 0.480 e. The van der Waals surface area contributed by atoms with Crippen LogP contribution in [0.25, 0.3) is 0 Å². The molecule has 0 saturated carbocycles. The van der Waals surface area contributed by atoms with E-state index in [1.54, 1.807) is 0 Å². The number of nitrogens with one attached hydrogen (secondary N) is 5. The minimum Gasteiger partial charge on any atom is -0.480 e. The number of aliphatic hydroxyl groups is 2. The van der Waals surface area contributed by atoms with Gasteiger partial charge in [-0.25, -0.2) is 4.79 Å². The van der Waals surface area contributed by atoms with E-state index in [2.05, 4.69) is 26.6 Å². The first kappa shape index (κ1) is 54.6. The number of carbonyl (C=O) groups is 8. The molecule has 2 heterocycles. The molecule has 0 aliphatic carbocycles. The normalized spacial score (nSPS) is 19.0. The first-order chi connectivity index (χ1) is 30.2. The van der Waals surface area contributed by atoms with Crippen LogP contribution in [0.5, 0.6) is 0 Å². The number of rotatable bonds is 31. The molecule has 0 radical (unpaired) electrons. The average molecular weight is 899 g/mol. The highest BCUT2D eigenvalue weighted by atomic mass is 16.4. The van der Waals surface area contributed by atoms with E-state index >= 15 is 0 Å². The molecule has 8 atom stereocenters. The lowest BCUT2D eigenvalue weighted by molar-refractivity contribution is -0.144. The lowest BCUT2D eigenvalue weighted by Crippen LogP contribution is -2.60. The Morgan fingerprint density at radius 1 is 0.492 bits per heavy atom. The second kappa shape index (κ2) is 29.8. The monoisotopic (exact) mass is 899 g/mol. The van der Waals surface area contributed by atoms with Crippen molar-refractivity contribution in [2.75, 3.05) is 52.5 Å². The van der Waals surface area contributed by atoms with Crippen molar-refractivity contribution in [2.24, 2.45) is 28.7 Å². The number of aliphatic carboxylic acids is 1. The fourth-order valence-corrected chi connectivity index (χ4v) is 7.67. The number of hydrogen-bond donors (Lipinski definition) is 13. The molecule has 2 aliphatic heterocycles. The van der Waals surface area contributed by atoms with Crippen molar-refractivity contribution in [2.45, 2.75) is 151 Å². The smallest absolute Gasteiger partial charge is 0.326 e. The number of amides is 7. The van der Waals surface area contributed by atoms with E-state index in [-0.39, 0.29) is 51.7 Å². The van der Waals surface area contributed by atoms with Gasteiger partial charge in [-0.3, -0.25) is 33.6 Å². The Hall–Kier alpha value is -4.52. The summed E-state index contributed by atoms with van der Waals surface area (Å²) in [5.41, 5.74) is 28.3. The van der Waals surface area contributed by atoms with Gasteiger partial charge in [-0.05, 0) is 129 Å². The fraction of sp³-hybridized carbons (Fsp3) is 0.800. The van der Waals surface area contributed by atoms with Crippen molar-refractivity contribution < 1.29 is 53.7 Å². The zero-order valence-corrected chi connectivity index (χ0v) is 36.5. The summed E-state index contributed by atoms with van der Waals surface area (Å²) in [6.45, 7) is 0.149. The molecule has 0 bridgehead atoms. The topological polar surface area (TPSA) is 394 Å². The van der Waals surface area contributed by atoms with Gasteiger partial charge in [0, 0.05) is 13.1 Å². The first-order valence-corrected chi connectivity index (χ1v) is 22.3. The maximum absolute atomic E-state index is 13.9. The third-order valence-corrected chi connectivity index (χ3v) is 11.3. The second-order valence-corrected chi connectivity index (χ2v) is 16.1. The second-order valence-electron chi connectivity index (χ2n) is 16.1. The summed E-state index contributed by atoms with van der Waals surface area (Å²) in [5, 5.41) is 42.6. The van der Waals surface area contributed by atoms with Crippen LogP contribution in [0.2, 0.25) is 0 Å². The van der Waals surface area contributed by atoms with Crippen LogP contribution in [-0.2, 0) is 38.4 Å². The van der Waals surface area contributed by atoms with Gasteiger partial charge in [-0.2, -0.15) is 0 Å². The van der Waals surface area contributed by atoms with E-state index < -0.39 is 109 Å². The summed E-state index contributed by atoms with van der Waals surface area (Å²) in [6.07, 6.45) is 5.72. The minimum absolute atomic E-state index is 0.0760. The van der Waals surface area contributed by atoms with E-state index in [1.807, 2.05) is 0 Å². The van der Waals surface area contributed by atoms with Crippen LogP contribution < -0.4 is 55.3 Å². The number of nitrogens with two attached hydrogens (primary N) is 5. The van der Waals surface area contributed by atoms with Gasteiger partial charge in [0.2, 0.25) is 41.4 Å². The van der Waals surface area contributed by atoms with Gasteiger partial charge < -0.3 is 80.4 Å². The molecule has 23 nitrogen and oxygen atoms in total. The van der Waals surface area contributed by atoms with Crippen molar-refractivity contribution in [1.82, 2.24) is 36.4 Å². The molecule has 2 saturated heterocycles. The molecular weight excluding hydrogens is 825 g/mol. The predicted octanol–water partition coefficient (Wildman–Crippen LogP) is -4.70. The Kier molecular flexibility index (Phi) is 25.8. The molecular formula is C40H74N12O11. The molecule has 7 amide bonds. The first-order valence-electron chi connectivity index (χ1n) is 22.3. The van der Waals surface area contributed by atoms with Crippen molar-refractivity contribution in [3.05, 3.63) is 0 Å². The molecule has 0 unspecified atom stereocenters. The Morgan fingerprint density at radius 2 is 0.841 bits per heavy atom. The molecule has 63 heavy (non-hydrogen) atoms. The average Bonchev–Trinajstić information content (AvgIpc) is 3.97. The number of carboxylic acids is 1. The molecule has 23 heteroatoms. The zero-order chi connectivity index (χ0) is 46.9. The summed E-state index contributed by atoms with van der Waals surface area (Å²) in [5.74, 6) is -6.15. The summed E-state index contributed by atoms with van der Waals surface area (Å²) in [4.78, 5) is 109. The van der Waals surface area contributed by atoms with Crippen molar-refractivity contribution >= 4 is 47.3 Å². The van der Waals surface area contributed by atoms with Crippen LogP contribution in [0.4, 0.5) is 0 Å². The van der Waals surface area contributed by atoms with Gasteiger partial charge in [0.25, 0.3) is 0 Å². The van der Waals surface area contributed by atoms with E-state index in [4.69, 9.17) is 28.7 Å². The third kappa shape index (κ3) is 17.9. The predicted molar refractivity (Wildman–Crippen MR) is 231 cm³/mol. The Bertz CT molecular complexity index is 1490. The van der Waals surface area contributed by atoms with Crippen LogP contribution in [0.1, 0.15) is 103 Å². The van der Waals surface area contributed by atoms with Gasteiger partial charge in [0.1, 0.15) is 48.3 Å². The molecule has 360 valence electrons. The van der Waals surface area contributed by atoms with Crippen LogP contribution >= 0.6 is 0 Å². The third-order valence-electron chi connectivity index (χ3n) is 11.3. The molecule has 0 spiro atoms. The Morgan fingerprint density at radius 3 is 1.21 bits per heavy atom. The summed E-state index contributed by atoms with van der Waals surface area (Å²) < 4.78 is 0. The van der Waals surface area contributed by atoms with Crippen LogP contribution in [0.15, 0.2) is 0 Å². The number of aliphatic hydroxyl groups excluding tert-OH is 2. The number of carbonyl (C=O) groups excluding carboxylic acids is 7. The maximum Gasteiger partial charge on any atom is 0.326 e. The Balaban J connectivity index is 2.24. The van der Waals surface area contributed by atoms with Crippen LogP contribution in [0, 0.1) is 0 Å². The number of likely N-dealkylation sites (tertiary alicyclic amines) is 2.